The van der Waals surface area contributed by atoms with Crippen molar-refractivity contribution in [1.29, 1.82) is 0 Å². The van der Waals surface area contributed by atoms with Crippen LogP contribution in [0.3, 0.4) is 0 Å². The molecule has 0 atom stereocenters. The van der Waals surface area contributed by atoms with Crippen molar-refractivity contribution in [3.63, 3.8) is 0 Å². The van der Waals surface area contributed by atoms with E-state index in [0.29, 0.717) is 5.75 Å². The van der Waals surface area contributed by atoms with Crippen molar-refractivity contribution in [2.75, 3.05) is 12.3 Å². The number of hydrogen-bond acceptors (Lipinski definition) is 5. The quantitative estimate of drug-likeness (QED) is 0.472. The summed E-state index contributed by atoms with van der Waals surface area (Å²) >= 11 is 0. The minimum atomic E-state index is -1.56. The molecule has 0 aliphatic heterocycles. The maximum Gasteiger partial charge on any atom is 0.342 e. The molecule has 0 unspecified atom stereocenters. The lowest BCUT2D eigenvalue weighted by atomic mass is 9.95. The van der Waals surface area contributed by atoms with Gasteiger partial charge in [-0.05, 0) is 29.3 Å². The molecule has 5 N–H and O–H groups in total. The average molecular weight is 406 g/mol. The van der Waals surface area contributed by atoms with Gasteiger partial charge in [0.05, 0.1) is 0 Å². The number of aromatic amines is 1. The Hall–Kier alpha value is -4.33. The number of carbonyl (C=O) groups is 2. The van der Waals surface area contributed by atoms with Gasteiger partial charge in [-0.2, -0.15) is 0 Å². The number of carboxylic acid groups (broad SMARTS) is 2. The van der Waals surface area contributed by atoms with E-state index in [1.54, 1.807) is 18.2 Å². The lowest BCUT2D eigenvalue weighted by molar-refractivity contribution is 0.0695. The Bertz CT molecular complexity index is 1180. The zero-order chi connectivity index (χ0) is 21.7. The van der Waals surface area contributed by atoms with E-state index in [9.17, 15) is 24.6 Å². The third kappa shape index (κ3) is 4.39. The van der Waals surface area contributed by atoms with Crippen LogP contribution >= 0.6 is 0 Å². The molecule has 0 amide bonds. The van der Waals surface area contributed by atoms with E-state index in [1.807, 2.05) is 36.4 Å². The Morgan fingerprint density at radius 2 is 1.70 bits per heavy atom. The molecule has 0 bridgehead atoms. The second-order valence-electron chi connectivity index (χ2n) is 6.25. The van der Waals surface area contributed by atoms with Gasteiger partial charge in [-0.3, -0.25) is 4.79 Å². The number of anilines is 1. The van der Waals surface area contributed by atoms with Crippen molar-refractivity contribution in [3.05, 3.63) is 87.7 Å². The topological polar surface area (TPSA) is 143 Å². The van der Waals surface area contributed by atoms with Crippen LogP contribution in [-0.2, 0) is 0 Å². The molecule has 152 valence electrons. The van der Waals surface area contributed by atoms with Crippen molar-refractivity contribution >= 4 is 23.8 Å². The number of carboxylic acids is 2. The normalized spacial score (nSPS) is 10.8. The van der Waals surface area contributed by atoms with Gasteiger partial charge in [0.15, 0.2) is 0 Å². The van der Waals surface area contributed by atoms with Gasteiger partial charge < -0.3 is 25.7 Å². The van der Waals surface area contributed by atoms with Crippen LogP contribution in [0.2, 0.25) is 0 Å². The average Bonchev–Trinajstić information content (AvgIpc) is 2.71. The van der Waals surface area contributed by atoms with Crippen LogP contribution in [0.15, 0.2) is 65.5 Å². The van der Waals surface area contributed by atoms with Gasteiger partial charge in [-0.15, -0.1) is 0 Å². The van der Waals surface area contributed by atoms with Crippen LogP contribution in [0.1, 0.15) is 26.3 Å². The molecule has 0 saturated heterocycles. The highest BCUT2D eigenvalue weighted by Crippen LogP contribution is 2.31. The van der Waals surface area contributed by atoms with Crippen LogP contribution in [0.5, 0.6) is 5.75 Å². The van der Waals surface area contributed by atoms with Crippen LogP contribution in [0.25, 0.3) is 17.2 Å². The summed E-state index contributed by atoms with van der Waals surface area (Å²) in [6.45, 7) is 0.230. The molecule has 2 aromatic carbocycles. The number of aromatic nitrogens is 1. The molecule has 1 aromatic heterocycles. The van der Waals surface area contributed by atoms with Gasteiger partial charge in [-0.1, -0.05) is 48.5 Å². The molecule has 0 spiro atoms. The van der Waals surface area contributed by atoms with E-state index >= 15 is 0 Å². The van der Waals surface area contributed by atoms with Crippen molar-refractivity contribution in [1.82, 2.24) is 4.98 Å². The number of nitrogens with two attached hydrogens (primary N) is 1. The van der Waals surface area contributed by atoms with E-state index in [0.717, 1.165) is 5.56 Å². The standard InChI is InChI=1S/C22H18N2O6/c23-19-17(21(26)27)16(18(22(28)29)20(25)24-19)14-9-4-10-15(12-14)30-11-5-8-13-6-2-1-3-7-13/h1-10,12H,11H2,(H,26,27)(H,28,29)(H3,23,24,25). The zero-order valence-corrected chi connectivity index (χ0v) is 15.7. The van der Waals surface area contributed by atoms with Gasteiger partial charge in [0.1, 0.15) is 29.3 Å². The largest absolute Gasteiger partial charge is 0.490 e. The molecule has 8 heteroatoms. The fraction of sp³-hybridized carbons (Fsp3) is 0.0455. The maximum absolute atomic E-state index is 12.1. The molecule has 1 heterocycles. The minimum absolute atomic E-state index is 0.187. The molecule has 0 radical (unpaired) electrons. The number of pyridine rings is 1. The molecule has 8 nitrogen and oxygen atoms in total. The van der Waals surface area contributed by atoms with Crippen molar-refractivity contribution in [2.45, 2.75) is 0 Å². The van der Waals surface area contributed by atoms with Crippen LogP contribution in [-0.4, -0.2) is 33.7 Å². The van der Waals surface area contributed by atoms with E-state index in [2.05, 4.69) is 4.98 Å². The van der Waals surface area contributed by atoms with Gasteiger partial charge in [0, 0.05) is 5.56 Å². The summed E-state index contributed by atoms with van der Waals surface area (Å²) in [6, 6.07) is 15.8. The highest BCUT2D eigenvalue weighted by atomic mass is 16.5. The third-order valence-electron chi connectivity index (χ3n) is 4.25. The lowest BCUT2D eigenvalue weighted by Gasteiger charge is -2.13. The Balaban J connectivity index is 1.96. The number of ether oxygens (including phenoxy) is 1. The number of hydrogen-bond donors (Lipinski definition) is 4. The second-order valence-corrected chi connectivity index (χ2v) is 6.25. The SMILES string of the molecule is Nc1[nH]c(=O)c(C(=O)O)c(-c2cccc(OCC=Cc3ccccc3)c2)c1C(=O)O. The van der Waals surface area contributed by atoms with E-state index in [4.69, 9.17) is 10.5 Å². The van der Waals surface area contributed by atoms with E-state index in [1.165, 1.54) is 12.1 Å². The monoisotopic (exact) mass is 406 g/mol. The maximum atomic E-state index is 12.1. The molecule has 3 rings (SSSR count). The summed E-state index contributed by atoms with van der Waals surface area (Å²) in [5, 5.41) is 19.0. The predicted octanol–water partition coefficient (Wildman–Crippen LogP) is 3.11. The highest BCUT2D eigenvalue weighted by molar-refractivity contribution is 6.07. The molecular formula is C22H18N2O6. The molecule has 30 heavy (non-hydrogen) atoms. The molecule has 0 aliphatic carbocycles. The fourth-order valence-electron chi connectivity index (χ4n) is 2.97. The summed E-state index contributed by atoms with van der Waals surface area (Å²) in [6.07, 6.45) is 3.69. The number of nitrogens with one attached hydrogen (secondary N) is 1. The molecule has 0 saturated carbocycles. The predicted molar refractivity (Wildman–Crippen MR) is 112 cm³/mol. The number of benzene rings is 2. The number of aromatic carboxylic acids is 2. The van der Waals surface area contributed by atoms with Crippen LogP contribution < -0.4 is 16.0 Å². The zero-order valence-electron chi connectivity index (χ0n) is 15.7. The van der Waals surface area contributed by atoms with Crippen molar-refractivity contribution in [2.24, 2.45) is 0 Å². The molecule has 0 fully saturated rings. The summed E-state index contributed by atoms with van der Waals surface area (Å²) in [4.78, 5) is 37.5. The summed E-state index contributed by atoms with van der Waals surface area (Å²) in [5.41, 5.74) is 4.38. The molecule has 3 aromatic rings. The fourth-order valence-corrected chi connectivity index (χ4v) is 2.97. The lowest BCUT2D eigenvalue weighted by Crippen LogP contribution is -2.24. The van der Waals surface area contributed by atoms with E-state index in [-0.39, 0.29) is 17.7 Å². The number of nitrogen functional groups attached to an aromatic ring is 1. The Morgan fingerprint density at radius 1 is 1.00 bits per heavy atom. The third-order valence-corrected chi connectivity index (χ3v) is 4.25. The van der Waals surface area contributed by atoms with Crippen LogP contribution in [0.4, 0.5) is 5.82 Å². The minimum Gasteiger partial charge on any atom is -0.490 e. The first-order chi connectivity index (χ1) is 14.4. The number of rotatable bonds is 7. The van der Waals surface area contributed by atoms with Gasteiger partial charge in [0.25, 0.3) is 5.56 Å². The Morgan fingerprint density at radius 3 is 2.37 bits per heavy atom. The summed E-state index contributed by atoms with van der Waals surface area (Å²) < 4.78 is 5.65. The Labute approximate surface area is 170 Å². The first-order valence-corrected chi connectivity index (χ1v) is 8.85. The highest BCUT2D eigenvalue weighted by Gasteiger charge is 2.26. The summed E-state index contributed by atoms with van der Waals surface area (Å²) in [7, 11) is 0. The van der Waals surface area contributed by atoms with Gasteiger partial charge >= 0.3 is 11.9 Å². The molecular weight excluding hydrogens is 388 g/mol. The molecule has 0 aliphatic rings. The van der Waals surface area contributed by atoms with Crippen LogP contribution in [0, 0.1) is 0 Å². The smallest absolute Gasteiger partial charge is 0.342 e. The van der Waals surface area contributed by atoms with Crippen molar-refractivity contribution < 1.29 is 24.5 Å². The Kier molecular flexibility index (Phi) is 5.97. The number of H-pyrrole nitrogens is 1. The van der Waals surface area contributed by atoms with Gasteiger partial charge in [-0.25, -0.2) is 9.59 Å². The first-order valence-electron chi connectivity index (χ1n) is 8.85. The second kappa shape index (κ2) is 8.78. The van der Waals surface area contributed by atoms with E-state index < -0.39 is 34.4 Å². The first kappa shape index (κ1) is 20.4. The van der Waals surface area contributed by atoms with Crippen molar-refractivity contribution in [3.8, 4) is 16.9 Å². The van der Waals surface area contributed by atoms with Gasteiger partial charge in [0.2, 0.25) is 0 Å². The summed E-state index contributed by atoms with van der Waals surface area (Å²) in [5.74, 6) is -3.08.